The van der Waals surface area contributed by atoms with E-state index in [1.54, 1.807) is 40.8 Å². The van der Waals surface area contributed by atoms with Gasteiger partial charge in [0.25, 0.3) is 0 Å². The van der Waals surface area contributed by atoms with Crippen LogP contribution in [0.5, 0.6) is 0 Å². The number of nitrogens with one attached hydrogen (secondary N) is 5. The molecule has 15 heteroatoms. The first-order chi connectivity index (χ1) is 24.0. The zero-order valence-corrected chi connectivity index (χ0v) is 31.4. The molecule has 0 radical (unpaired) electrons. The van der Waals surface area contributed by atoms with Gasteiger partial charge in [-0.1, -0.05) is 76.3 Å². The number of carbonyl (C=O) groups excluding carboxylic acids is 3. The minimum absolute atomic E-state index is 0.0120. The molecule has 51 heavy (non-hydrogen) atoms. The molecule has 1 saturated carbocycles. The lowest BCUT2D eigenvalue weighted by Gasteiger charge is -2.32. The van der Waals surface area contributed by atoms with Crippen LogP contribution >= 0.6 is 0 Å². The summed E-state index contributed by atoms with van der Waals surface area (Å²) in [6, 6.07) is 6.11. The Morgan fingerprint density at radius 1 is 0.961 bits per heavy atom. The molecule has 7 N–H and O–H groups in total. The van der Waals surface area contributed by atoms with Gasteiger partial charge in [0, 0.05) is 32.0 Å². The zero-order chi connectivity index (χ0) is 37.6. The molecule has 0 bridgehead atoms. The number of nitrogens with zero attached hydrogens (tertiary/aromatic N) is 1. The molecule has 1 aliphatic rings. The van der Waals surface area contributed by atoms with Crippen molar-refractivity contribution in [3.63, 3.8) is 0 Å². The third-order valence-electron chi connectivity index (χ3n) is 8.60. The number of amides is 3. The number of aliphatic hydroxyl groups is 2. The second-order valence-electron chi connectivity index (χ2n) is 15.0. The van der Waals surface area contributed by atoms with E-state index >= 15 is 0 Å². The summed E-state index contributed by atoms with van der Waals surface area (Å²) in [6.45, 7) is 8.42. The van der Waals surface area contributed by atoms with E-state index in [0.29, 0.717) is 12.1 Å². The lowest BCUT2D eigenvalue weighted by Crippen LogP contribution is -2.58. The van der Waals surface area contributed by atoms with Crippen molar-refractivity contribution < 1.29 is 37.8 Å². The summed E-state index contributed by atoms with van der Waals surface area (Å²) < 4.78 is 32.5. The van der Waals surface area contributed by atoms with E-state index in [9.17, 15) is 33.0 Å². The van der Waals surface area contributed by atoms with Crippen molar-refractivity contribution in [1.29, 1.82) is 0 Å². The summed E-state index contributed by atoms with van der Waals surface area (Å²) in [4.78, 5) is 47.8. The molecule has 0 unspecified atom stereocenters. The normalized spacial score (nSPS) is 17.2. The smallest absolute Gasteiger partial charge is 0.408 e. The van der Waals surface area contributed by atoms with Gasteiger partial charge >= 0.3 is 6.09 Å². The maximum atomic E-state index is 14.1. The molecule has 1 fully saturated rings. The van der Waals surface area contributed by atoms with Gasteiger partial charge in [-0.3, -0.25) is 9.59 Å². The largest absolute Gasteiger partial charge is 0.444 e. The molecule has 0 saturated heterocycles. The van der Waals surface area contributed by atoms with E-state index in [1.165, 1.54) is 6.33 Å². The van der Waals surface area contributed by atoms with Crippen LogP contribution in [0.2, 0.25) is 0 Å². The van der Waals surface area contributed by atoms with Gasteiger partial charge in [-0.25, -0.2) is 22.9 Å². The first kappa shape index (κ1) is 41.9. The van der Waals surface area contributed by atoms with Crippen molar-refractivity contribution >= 4 is 27.9 Å². The number of alkyl carbamates (subject to hydrolysis) is 1. The molecular weight excluding hydrogens is 676 g/mol. The molecule has 1 aromatic heterocycles. The number of rotatable bonds is 19. The van der Waals surface area contributed by atoms with Crippen molar-refractivity contribution in [2.24, 2.45) is 11.8 Å². The molecule has 3 amide bonds. The van der Waals surface area contributed by atoms with E-state index in [-0.39, 0.29) is 43.4 Å². The Morgan fingerprint density at radius 3 is 2.22 bits per heavy atom. The van der Waals surface area contributed by atoms with Crippen LogP contribution < -0.4 is 20.7 Å². The van der Waals surface area contributed by atoms with Crippen LogP contribution in [0.15, 0.2) is 42.9 Å². The third kappa shape index (κ3) is 16.1. The van der Waals surface area contributed by atoms with Crippen LogP contribution in [-0.4, -0.2) is 94.7 Å². The highest BCUT2D eigenvalue weighted by Gasteiger charge is 2.33. The number of hydrogen-bond acceptors (Lipinski definition) is 9. The lowest BCUT2D eigenvalue weighted by molar-refractivity contribution is -0.131. The summed E-state index contributed by atoms with van der Waals surface area (Å²) in [6.07, 6.45) is 5.32. The van der Waals surface area contributed by atoms with Crippen molar-refractivity contribution in [1.82, 2.24) is 30.6 Å². The number of hydrogen-bond donors (Lipinski definition) is 7. The van der Waals surface area contributed by atoms with Crippen LogP contribution in [0.3, 0.4) is 0 Å². The maximum absolute atomic E-state index is 14.1. The summed E-state index contributed by atoms with van der Waals surface area (Å²) in [5.41, 5.74) is 0.479. The lowest BCUT2D eigenvalue weighted by atomic mass is 9.83. The molecule has 5 atom stereocenters. The van der Waals surface area contributed by atoms with Crippen LogP contribution in [0.1, 0.15) is 90.8 Å². The number of aliphatic hydroxyl groups excluding tert-OH is 2. The highest BCUT2D eigenvalue weighted by atomic mass is 32.2. The van der Waals surface area contributed by atoms with E-state index in [1.807, 2.05) is 30.3 Å². The first-order valence-corrected chi connectivity index (χ1v) is 19.6. The summed E-state index contributed by atoms with van der Waals surface area (Å²) >= 11 is 0. The fraction of sp³-hybridized carbons (Fsp3) is 0.667. The number of carbonyl (C=O) groups is 3. The molecule has 2 aromatic rings. The van der Waals surface area contributed by atoms with Gasteiger partial charge in [0.15, 0.2) is 0 Å². The number of sulfonamides is 1. The SMILES string of the molecule is CC(C)CS(=O)(=O)NC[C@@H](O)C[C@H](O)[C@H](CC1CCCCC1)NC(=O)[C@H](Cc1c[nH]cn1)NC(=O)[C@H](Cc1ccccc1)NC(=O)OC(C)(C)C. The number of aromatic nitrogens is 2. The van der Waals surface area contributed by atoms with Crippen molar-refractivity contribution in [3.8, 4) is 0 Å². The molecule has 0 spiro atoms. The van der Waals surface area contributed by atoms with Gasteiger partial charge in [-0.15, -0.1) is 0 Å². The van der Waals surface area contributed by atoms with Gasteiger partial charge in [-0.2, -0.15) is 0 Å². The molecule has 14 nitrogen and oxygen atoms in total. The topological polar surface area (TPSA) is 212 Å². The average molecular weight is 735 g/mol. The first-order valence-electron chi connectivity index (χ1n) is 17.9. The van der Waals surface area contributed by atoms with Gasteiger partial charge < -0.3 is 35.9 Å². The van der Waals surface area contributed by atoms with Crippen molar-refractivity contribution in [2.45, 2.75) is 128 Å². The monoisotopic (exact) mass is 734 g/mol. The van der Waals surface area contributed by atoms with Gasteiger partial charge in [-0.05, 0) is 44.6 Å². The Labute approximate surface area is 302 Å². The predicted molar refractivity (Wildman–Crippen MR) is 194 cm³/mol. The molecule has 0 aliphatic heterocycles. The molecule has 1 aromatic carbocycles. The standard InChI is InChI=1S/C36H58N6O8S/c1-24(2)22-51(48,49)39-21-28(43)19-32(44)29(16-25-12-8-6-9-13-25)40-34(46)31(18-27-20-37-23-38-27)41-33(45)30(17-26-14-10-7-11-15-26)42-35(47)50-36(3,4)5/h7,10-11,14-15,20,23-25,28-32,39,43-44H,6,8-9,12-13,16-19,21-22H2,1-5H3,(H,37,38)(H,40,46)(H,41,45)(H,42,47)/t28-,29-,30-,31-,32-/m0/s1. The third-order valence-corrected chi connectivity index (χ3v) is 10.3. The molecule has 1 heterocycles. The van der Waals surface area contributed by atoms with E-state index in [4.69, 9.17) is 4.74 Å². The Balaban J connectivity index is 1.80. The summed E-state index contributed by atoms with van der Waals surface area (Å²) in [5, 5.41) is 30.5. The number of aromatic amines is 1. The fourth-order valence-corrected chi connectivity index (χ4v) is 7.67. The fourth-order valence-electron chi connectivity index (χ4n) is 6.23. The molecular formula is C36H58N6O8S. The zero-order valence-electron chi connectivity index (χ0n) is 30.6. The van der Waals surface area contributed by atoms with Gasteiger partial charge in [0.2, 0.25) is 21.8 Å². The van der Waals surface area contributed by atoms with Gasteiger partial charge in [0.1, 0.15) is 17.7 Å². The molecule has 286 valence electrons. The molecule has 3 rings (SSSR count). The van der Waals surface area contributed by atoms with E-state index < -0.39 is 63.9 Å². The van der Waals surface area contributed by atoms with Crippen LogP contribution in [0.4, 0.5) is 4.79 Å². The Hall–Kier alpha value is -3.53. The Kier molecular flexibility index (Phi) is 16.4. The minimum atomic E-state index is -3.61. The summed E-state index contributed by atoms with van der Waals surface area (Å²) in [5.74, 6) is -1.15. The second kappa shape index (κ2) is 19.9. The predicted octanol–water partition coefficient (Wildman–Crippen LogP) is 2.72. The highest BCUT2D eigenvalue weighted by Crippen LogP contribution is 2.28. The average Bonchev–Trinajstić information content (AvgIpc) is 3.55. The Bertz CT molecular complexity index is 1460. The molecule has 1 aliphatic carbocycles. The maximum Gasteiger partial charge on any atom is 0.408 e. The second-order valence-corrected chi connectivity index (χ2v) is 16.9. The van der Waals surface area contributed by atoms with E-state index in [0.717, 1.165) is 37.7 Å². The number of imidazole rings is 1. The van der Waals surface area contributed by atoms with Crippen LogP contribution in [0, 0.1) is 11.8 Å². The van der Waals surface area contributed by atoms with E-state index in [2.05, 4.69) is 30.6 Å². The summed E-state index contributed by atoms with van der Waals surface area (Å²) in [7, 11) is -3.61. The van der Waals surface area contributed by atoms with Crippen molar-refractivity contribution in [3.05, 3.63) is 54.1 Å². The number of benzene rings is 1. The highest BCUT2D eigenvalue weighted by molar-refractivity contribution is 7.89. The van der Waals surface area contributed by atoms with Crippen LogP contribution in [0.25, 0.3) is 0 Å². The van der Waals surface area contributed by atoms with Crippen molar-refractivity contribution in [2.75, 3.05) is 12.3 Å². The number of H-pyrrole nitrogens is 1. The minimum Gasteiger partial charge on any atom is -0.444 e. The Morgan fingerprint density at radius 2 is 1.61 bits per heavy atom. The van der Waals surface area contributed by atoms with Crippen LogP contribution in [-0.2, 0) is 37.2 Å². The van der Waals surface area contributed by atoms with Gasteiger partial charge in [0.05, 0.1) is 36.0 Å². The quantitative estimate of drug-likeness (QED) is 0.113. The number of ether oxygens (including phenoxy) is 1.